The van der Waals surface area contributed by atoms with Crippen LogP contribution in [0.15, 0.2) is 11.6 Å². The number of hydrogen-bond acceptors (Lipinski definition) is 3. The second-order valence-corrected chi connectivity index (χ2v) is 8.26. The van der Waals surface area contributed by atoms with E-state index in [2.05, 4.69) is 13.0 Å². The van der Waals surface area contributed by atoms with Gasteiger partial charge in [0.2, 0.25) is 0 Å². The Balaban J connectivity index is 1.79. The Bertz CT molecular complexity index is 477. The third-order valence-corrected chi connectivity index (χ3v) is 6.89. The molecule has 2 saturated carbocycles. The first-order valence-electron chi connectivity index (χ1n) is 8.71. The summed E-state index contributed by atoms with van der Waals surface area (Å²) in [5.74, 6) is 0.689. The lowest BCUT2D eigenvalue weighted by Gasteiger charge is -2.46. The molecule has 3 heteroatoms. The van der Waals surface area contributed by atoms with E-state index in [0.717, 1.165) is 18.4 Å². The summed E-state index contributed by atoms with van der Waals surface area (Å²) in [6, 6.07) is 0. The smallest absolute Gasteiger partial charge is 0.0991 e. The highest BCUT2D eigenvalue weighted by Crippen LogP contribution is 2.60. The van der Waals surface area contributed by atoms with Crippen LogP contribution in [0.25, 0.3) is 0 Å². The van der Waals surface area contributed by atoms with Crippen LogP contribution >= 0.6 is 0 Å². The van der Waals surface area contributed by atoms with Crippen LogP contribution in [0.5, 0.6) is 0 Å². The predicted molar refractivity (Wildman–Crippen MR) is 80.9 cm³/mol. The van der Waals surface area contributed by atoms with Gasteiger partial charge in [0.15, 0.2) is 0 Å². The standard InChI is InChI=1S/C18H28O3/c1-16(20)9-8-13-14(16)10-18(12-6-4-3-5-7-12)11-15(19)17(13,2)21-18/h10,12-13,15,19-20H,3-9,11H2,1-2H3/t13-,15-,16+,17+,18-/m1/s1. The summed E-state index contributed by atoms with van der Waals surface area (Å²) in [4.78, 5) is 0. The van der Waals surface area contributed by atoms with Crippen molar-refractivity contribution in [2.75, 3.05) is 0 Å². The Kier molecular flexibility index (Phi) is 2.94. The van der Waals surface area contributed by atoms with Gasteiger partial charge in [0, 0.05) is 12.3 Å². The van der Waals surface area contributed by atoms with E-state index in [9.17, 15) is 10.2 Å². The highest BCUT2D eigenvalue weighted by atomic mass is 16.6. The van der Waals surface area contributed by atoms with Crippen molar-refractivity contribution in [1.29, 1.82) is 0 Å². The summed E-state index contributed by atoms with van der Waals surface area (Å²) in [6.45, 7) is 4.01. The van der Waals surface area contributed by atoms with Crippen LogP contribution in [0.2, 0.25) is 0 Å². The van der Waals surface area contributed by atoms with Crippen molar-refractivity contribution < 1.29 is 14.9 Å². The molecule has 3 nitrogen and oxygen atoms in total. The number of rotatable bonds is 1. The number of hydrogen-bond donors (Lipinski definition) is 2. The van der Waals surface area contributed by atoms with Gasteiger partial charge in [-0.3, -0.25) is 0 Å². The summed E-state index contributed by atoms with van der Waals surface area (Å²) >= 11 is 0. The van der Waals surface area contributed by atoms with Crippen molar-refractivity contribution in [1.82, 2.24) is 0 Å². The zero-order valence-electron chi connectivity index (χ0n) is 13.3. The molecule has 0 radical (unpaired) electrons. The molecule has 2 aliphatic heterocycles. The maximum atomic E-state index is 10.8. The van der Waals surface area contributed by atoms with Crippen LogP contribution < -0.4 is 0 Å². The van der Waals surface area contributed by atoms with E-state index in [1.165, 1.54) is 32.1 Å². The molecule has 118 valence electrons. The molecule has 0 unspecified atom stereocenters. The van der Waals surface area contributed by atoms with Crippen LogP contribution in [-0.2, 0) is 4.74 Å². The first kappa shape index (κ1) is 14.2. The highest BCUT2D eigenvalue weighted by molar-refractivity contribution is 5.37. The van der Waals surface area contributed by atoms with Gasteiger partial charge in [0.25, 0.3) is 0 Å². The van der Waals surface area contributed by atoms with E-state index in [-0.39, 0.29) is 11.5 Å². The van der Waals surface area contributed by atoms with Crippen molar-refractivity contribution in [2.45, 2.75) is 88.1 Å². The van der Waals surface area contributed by atoms with Crippen LogP contribution in [0.4, 0.5) is 0 Å². The summed E-state index contributed by atoms with van der Waals surface area (Å²) in [6.07, 6.45) is 10.5. The van der Waals surface area contributed by atoms with Gasteiger partial charge in [-0.2, -0.15) is 0 Å². The molecule has 0 aromatic carbocycles. The SMILES string of the molecule is C[C@]12O[C@](C3CCCCC3)(C=C3[C@H]1CC[C@]3(C)O)C[C@H]2O. The Hall–Kier alpha value is -0.380. The van der Waals surface area contributed by atoms with Gasteiger partial charge in [-0.25, -0.2) is 0 Å². The van der Waals surface area contributed by atoms with Crippen molar-refractivity contribution in [3.8, 4) is 0 Å². The van der Waals surface area contributed by atoms with Crippen LogP contribution in [-0.4, -0.2) is 33.1 Å². The molecule has 4 rings (SSSR count). The normalized spacial score (nSPS) is 53.6. The van der Waals surface area contributed by atoms with Crippen molar-refractivity contribution >= 4 is 0 Å². The molecule has 3 fully saturated rings. The van der Waals surface area contributed by atoms with Crippen molar-refractivity contribution in [3.05, 3.63) is 11.6 Å². The lowest BCUT2D eigenvalue weighted by atomic mass is 9.73. The average molecular weight is 292 g/mol. The molecule has 5 atom stereocenters. The van der Waals surface area contributed by atoms with Crippen molar-refractivity contribution in [3.63, 3.8) is 0 Å². The van der Waals surface area contributed by atoms with E-state index in [1.807, 2.05) is 6.92 Å². The molecular formula is C18H28O3. The van der Waals surface area contributed by atoms with Gasteiger partial charge in [0.1, 0.15) is 0 Å². The second-order valence-electron chi connectivity index (χ2n) is 8.26. The first-order chi connectivity index (χ1) is 9.87. The molecule has 21 heavy (non-hydrogen) atoms. The van der Waals surface area contributed by atoms with E-state index < -0.39 is 17.3 Å². The maximum Gasteiger partial charge on any atom is 0.0991 e. The van der Waals surface area contributed by atoms with Crippen molar-refractivity contribution in [2.24, 2.45) is 11.8 Å². The topological polar surface area (TPSA) is 49.7 Å². The minimum Gasteiger partial charge on any atom is -0.390 e. The lowest BCUT2D eigenvalue weighted by Crippen LogP contribution is -2.50. The molecule has 2 heterocycles. The fraction of sp³-hybridized carbons (Fsp3) is 0.889. The second kappa shape index (κ2) is 4.33. The van der Waals surface area contributed by atoms with E-state index in [4.69, 9.17) is 4.74 Å². The Labute approximate surface area is 127 Å². The van der Waals surface area contributed by atoms with Gasteiger partial charge in [-0.05, 0) is 51.0 Å². The quantitative estimate of drug-likeness (QED) is 0.731. The Morgan fingerprint density at radius 2 is 1.86 bits per heavy atom. The van der Waals surface area contributed by atoms with E-state index in [1.54, 1.807) is 0 Å². The fourth-order valence-electron chi connectivity index (χ4n) is 5.59. The summed E-state index contributed by atoms with van der Waals surface area (Å²) in [5, 5.41) is 21.5. The molecule has 4 aliphatic rings. The molecule has 2 aliphatic carbocycles. The number of aliphatic hydroxyl groups excluding tert-OH is 1. The maximum absolute atomic E-state index is 10.8. The molecule has 2 bridgehead atoms. The zero-order chi connectivity index (χ0) is 14.9. The van der Waals surface area contributed by atoms with Gasteiger partial charge in [0.05, 0.1) is 22.9 Å². The molecule has 0 aromatic rings. The molecule has 0 amide bonds. The van der Waals surface area contributed by atoms with Crippen LogP contribution in [0.1, 0.15) is 65.2 Å². The van der Waals surface area contributed by atoms with Gasteiger partial charge in [-0.1, -0.05) is 25.3 Å². The third kappa shape index (κ3) is 1.83. The minimum atomic E-state index is -0.709. The average Bonchev–Trinajstić information content (AvgIpc) is 2.86. The first-order valence-corrected chi connectivity index (χ1v) is 8.71. The van der Waals surface area contributed by atoms with Gasteiger partial charge < -0.3 is 14.9 Å². The zero-order valence-corrected chi connectivity index (χ0v) is 13.3. The van der Waals surface area contributed by atoms with Crippen LogP contribution in [0, 0.1) is 11.8 Å². The number of aliphatic hydroxyl groups is 2. The van der Waals surface area contributed by atoms with E-state index >= 15 is 0 Å². The Morgan fingerprint density at radius 3 is 2.57 bits per heavy atom. The third-order valence-electron chi connectivity index (χ3n) is 6.89. The Morgan fingerprint density at radius 1 is 1.14 bits per heavy atom. The van der Waals surface area contributed by atoms with Gasteiger partial charge >= 0.3 is 0 Å². The van der Waals surface area contributed by atoms with E-state index in [0.29, 0.717) is 12.3 Å². The summed E-state index contributed by atoms with van der Waals surface area (Å²) in [7, 11) is 0. The number of fused-ring (bicyclic) bond motifs is 4. The van der Waals surface area contributed by atoms with Gasteiger partial charge in [-0.15, -0.1) is 0 Å². The largest absolute Gasteiger partial charge is 0.390 e. The lowest BCUT2D eigenvalue weighted by molar-refractivity contribution is -0.153. The fourth-order valence-corrected chi connectivity index (χ4v) is 5.59. The minimum absolute atomic E-state index is 0.182. The predicted octanol–water partition coefficient (Wildman–Crippen LogP) is 2.95. The molecule has 0 aromatic heterocycles. The highest BCUT2D eigenvalue weighted by Gasteiger charge is 2.64. The monoisotopic (exact) mass is 292 g/mol. The van der Waals surface area contributed by atoms with Crippen LogP contribution in [0.3, 0.4) is 0 Å². The molecule has 1 saturated heterocycles. The summed E-state index contributed by atoms with van der Waals surface area (Å²) in [5.41, 5.74) is -0.380. The molecular weight excluding hydrogens is 264 g/mol. The number of ether oxygens (including phenoxy) is 1. The summed E-state index contributed by atoms with van der Waals surface area (Å²) < 4.78 is 6.59. The molecule has 0 spiro atoms. The molecule has 2 N–H and O–H groups in total.